The second kappa shape index (κ2) is 10.1. The van der Waals surface area contributed by atoms with Crippen molar-refractivity contribution < 1.29 is 38.1 Å². The first-order valence-electron chi connectivity index (χ1n) is 10.8. The zero-order valence-electron chi connectivity index (χ0n) is 19.5. The molecule has 3 rings (SSSR count). The maximum Gasteiger partial charge on any atom is 0.309 e. The van der Waals surface area contributed by atoms with E-state index >= 15 is 0 Å². The number of rotatable bonds is 5. The zero-order valence-corrected chi connectivity index (χ0v) is 20.2. The van der Waals surface area contributed by atoms with Crippen molar-refractivity contribution >= 4 is 35.5 Å². The van der Waals surface area contributed by atoms with Gasteiger partial charge in [-0.2, -0.15) is 0 Å². The lowest BCUT2D eigenvalue weighted by atomic mass is 9.67. The van der Waals surface area contributed by atoms with Crippen LogP contribution in [0.3, 0.4) is 0 Å². The summed E-state index contributed by atoms with van der Waals surface area (Å²) in [6.07, 6.45) is 1.16. The molecule has 2 aliphatic rings. The number of hydrogen-bond acceptors (Lipinski definition) is 8. The molecule has 0 N–H and O–H groups in total. The van der Waals surface area contributed by atoms with Crippen molar-refractivity contribution in [2.24, 2.45) is 23.7 Å². The Morgan fingerprint density at radius 3 is 1.15 bits per heavy atom. The van der Waals surface area contributed by atoms with Gasteiger partial charge in [0.15, 0.2) is 0 Å². The van der Waals surface area contributed by atoms with Crippen LogP contribution < -0.4 is 0 Å². The van der Waals surface area contributed by atoms with Crippen LogP contribution in [-0.2, 0) is 69.7 Å². The van der Waals surface area contributed by atoms with Crippen LogP contribution in [0.5, 0.6) is 0 Å². The number of esters is 4. The second-order valence-corrected chi connectivity index (χ2v) is 8.75. The number of ether oxygens (including phenoxy) is 4. The predicted molar refractivity (Wildman–Crippen MR) is 118 cm³/mol. The highest BCUT2D eigenvalue weighted by atomic mass is 35.5. The van der Waals surface area contributed by atoms with Crippen LogP contribution in [0.1, 0.15) is 33.4 Å². The second-order valence-electron chi connectivity index (χ2n) is 8.49. The van der Waals surface area contributed by atoms with Crippen molar-refractivity contribution in [1.82, 2.24) is 0 Å². The third-order valence-electron chi connectivity index (χ3n) is 7.18. The molecule has 0 radical (unpaired) electrons. The summed E-state index contributed by atoms with van der Waals surface area (Å²) in [6, 6.07) is 0. The minimum Gasteiger partial charge on any atom is -0.469 e. The molecule has 4 atom stereocenters. The van der Waals surface area contributed by atoms with Crippen LogP contribution in [0.25, 0.3) is 0 Å². The molecule has 33 heavy (non-hydrogen) atoms. The lowest BCUT2D eigenvalue weighted by Crippen LogP contribution is -2.41. The van der Waals surface area contributed by atoms with Crippen LogP contribution in [0.2, 0.25) is 0 Å². The number of carbonyl (C=O) groups is 4. The molecule has 0 heterocycles. The smallest absolute Gasteiger partial charge is 0.309 e. The van der Waals surface area contributed by atoms with E-state index < -0.39 is 47.5 Å². The zero-order chi connectivity index (χ0) is 24.4. The summed E-state index contributed by atoms with van der Waals surface area (Å²) < 4.78 is 19.9. The van der Waals surface area contributed by atoms with Crippen LogP contribution in [0.4, 0.5) is 0 Å². The number of benzene rings is 1. The van der Waals surface area contributed by atoms with Gasteiger partial charge >= 0.3 is 23.9 Å². The lowest BCUT2D eigenvalue weighted by molar-refractivity contribution is -0.158. The first-order chi connectivity index (χ1) is 15.7. The number of methoxy groups -OCH3 is 4. The topological polar surface area (TPSA) is 105 Å². The highest BCUT2D eigenvalue weighted by Gasteiger charge is 2.45. The number of carbonyl (C=O) groups excluding carboxylic acids is 4. The molecule has 0 saturated heterocycles. The van der Waals surface area contributed by atoms with E-state index in [2.05, 4.69) is 0 Å². The molecular formula is C24H29ClO8. The molecule has 8 nitrogen and oxygen atoms in total. The van der Waals surface area contributed by atoms with Gasteiger partial charge < -0.3 is 18.9 Å². The molecule has 0 spiro atoms. The molecule has 9 heteroatoms. The fourth-order valence-corrected chi connectivity index (χ4v) is 5.76. The summed E-state index contributed by atoms with van der Waals surface area (Å²) in [5, 5.41) is 0. The fourth-order valence-electron chi connectivity index (χ4n) is 5.43. The van der Waals surface area contributed by atoms with Gasteiger partial charge in [0.05, 0.1) is 52.1 Å². The number of hydrogen-bond donors (Lipinski definition) is 0. The Kier molecular flexibility index (Phi) is 7.67. The van der Waals surface area contributed by atoms with Gasteiger partial charge in [-0.25, -0.2) is 0 Å². The standard InChI is InChI=1S/C24H29ClO8/c1-11-12-6-16(21(26)30-2)18(23(28)32-4)8-14(12)20(10-25)15-9-19(24(29)33-5)17(7-13(11)15)22(27)31-3/h16-19H,6-10H2,1-5H3. The molecule has 0 saturated carbocycles. The molecule has 0 aromatic heterocycles. The van der Waals surface area contributed by atoms with E-state index in [1.54, 1.807) is 0 Å². The van der Waals surface area contributed by atoms with Gasteiger partial charge in [-0.3, -0.25) is 19.2 Å². The average Bonchev–Trinajstić information content (AvgIpc) is 2.85. The van der Waals surface area contributed by atoms with E-state index in [1.165, 1.54) is 28.4 Å². The van der Waals surface area contributed by atoms with Crippen LogP contribution in [0.15, 0.2) is 0 Å². The molecular weight excluding hydrogens is 452 g/mol. The predicted octanol–water partition coefficient (Wildman–Crippen LogP) is 2.09. The molecule has 0 fully saturated rings. The van der Waals surface area contributed by atoms with Gasteiger partial charge in [0.1, 0.15) is 0 Å². The van der Waals surface area contributed by atoms with Crippen molar-refractivity contribution in [2.45, 2.75) is 38.5 Å². The normalized spacial score (nSPS) is 23.6. The molecule has 1 aromatic rings. The maximum atomic E-state index is 12.5. The van der Waals surface area contributed by atoms with E-state index in [9.17, 15) is 19.2 Å². The van der Waals surface area contributed by atoms with Crippen molar-refractivity contribution in [3.05, 3.63) is 33.4 Å². The van der Waals surface area contributed by atoms with Gasteiger partial charge in [0, 0.05) is 5.88 Å². The summed E-state index contributed by atoms with van der Waals surface area (Å²) in [7, 11) is 5.18. The lowest BCUT2D eigenvalue weighted by Gasteiger charge is -2.37. The highest BCUT2D eigenvalue weighted by molar-refractivity contribution is 6.17. The molecule has 0 aliphatic heterocycles. The largest absolute Gasteiger partial charge is 0.469 e. The quantitative estimate of drug-likeness (QED) is 0.358. The molecule has 180 valence electrons. The SMILES string of the molecule is COC(=O)C1Cc2c(C)c3c(c(CCl)c2CC1C(=O)OC)CC(C(=O)OC)C(C(=O)OC)C3. The summed E-state index contributed by atoms with van der Waals surface area (Å²) in [5.41, 5.74) is 5.43. The molecule has 1 aromatic carbocycles. The van der Waals surface area contributed by atoms with Crippen molar-refractivity contribution in [3.8, 4) is 0 Å². The minimum atomic E-state index is -0.697. The summed E-state index contributed by atoms with van der Waals surface area (Å²) in [6.45, 7) is 1.94. The average molecular weight is 481 g/mol. The van der Waals surface area contributed by atoms with E-state index in [0.29, 0.717) is 12.8 Å². The Hall–Kier alpha value is -2.61. The summed E-state index contributed by atoms with van der Waals surface area (Å²) in [4.78, 5) is 50.1. The third kappa shape index (κ3) is 4.33. The molecule has 2 aliphatic carbocycles. The van der Waals surface area contributed by atoms with Crippen molar-refractivity contribution in [1.29, 1.82) is 0 Å². The van der Waals surface area contributed by atoms with Gasteiger partial charge in [0.25, 0.3) is 0 Å². The third-order valence-corrected chi connectivity index (χ3v) is 7.45. The first kappa shape index (κ1) is 25.0. The van der Waals surface area contributed by atoms with E-state index in [-0.39, 0.29) is 18.7 Å². The van der Waals surface area contributed by atoms with Crippen molar-refractivity contribution in [3.63, 3.8) is 0 Å². The highest BCUT2D eigenvalue weighted by Crippen LogP contribution is 2.44. The number of halogens is 1. The van der Waals surface area contributed by atoms with Crippen LogP contribution in [0, 0.1) is 30.6 Å². The van der Waals surface area contributed by atoms with Gasteiger partial charge in [-0.1, -0.05) is 0 Å². The van der Waals surface area contributed by atoms with Crippen molar-refractivity contribution in [2.75, 3.05) is 28.4 Å². The summed E-state index contributed by atoms with van der Waals surface area (Å²) >= 11 is 6.41. The fraction of sp³-hybridized carbons (Fsp3) is 0.583. The summed E-state index contributed by atoms with van der Waals surface area (Å²) in [5.74, 6) is -4.50. The minimum absolute atomic E-state index is 0.165. The number of fused-ring (bicyclic) bond motifs is 2. The Morgan fingerprint density at radius 1 is 0.636 bits per heavy atom. The monoisotopic (exact) mass is 480 g/mol. The Bertz CT molecular complexity index is 912. The van der Waals surface area contributed by atoms with E-state index in [0.717, 1.165) is 33.4 Å². The molecule has 0 amide bonds. The maximum absolute atomic E-state index is 12.5. The Balaban J connectivity index is 2.19. The van der Waals surface area contributed by atoms with Crippen LogP contribution in [-0.4, -0.2) is 52.3 Å². The Morgan fingerprint density at radius 2 is 0.909 bits per heavy atom. The molecule has 4 unspecified atom stereocenters. The van der Waals surface area contributed by atoms with E-state index in [4.69, 9.17) is 30.5 Å². The van der Waals surface area contributed by atoms with Crippen LogP contribution >= 0.6 is 11.6 Å². The number of alkyl halides is 1. The van der Waals surface area contributed by atoms with Gasteiger partial charge in [-0.05, 0) is 66.0 Å². The molecule has 0 bridgehead atoms. The Labute approximate surface area is 197 Å². The first-order valence-corrected chi connectivity index (χ1v) is 11.3. The van der Waals surface area contributed by atoms with E-state index in [1.807, 2.05) is 6.92 Å². The van der Waals surface area contributed by atoms with Gasteiger partial charge in [0.2, 0.25) is 0 Å². The van der Waals surface area contributed by atoms with Gasteiger partial charge in [-0.15, -0.1) is 11.6 Å².